The van der Waals surface area contributed by atoms with Crippen LogP contribution in [0.5, 0.6) is 23.0 Å². The summed E-state index contributed by atoms with van der Waals surface area (Å²) in [5.41, 5.74) is 2.54. The lowest BCUT2D eigenvalue weighted by Gasteiger charge is -2.37. The average molecular weight is 397 g/mol. The van der Waals surface area contributed by atoms with Crippen molar-refractivity contribution in [3.8, 4) is 23.0 Å². The van der Waals surface area contributed by atoms with Gasteiger partial charge in [-0.05, 0) is 54.4 Å². The molecule has 0 N–H and O–H groups in total. The summed E-state index contributed by atoms with van der Waals surface area (Å²) in [5, 5.41) is 0. The van der Waals surface area contributed by atoms with Gasteiger partial charge in [-0.3, -0.25) is 0 Å². The van der Waals surface area contributed by atoms with Gasteiger partial charge < -0.3 is 18.9 Å². The molecule has 0 bridgehead atoms. The van der Waals surface area contributed by atoms with Crippen molar-refractivity contribution in [3.05, 3.63) is 53.6 Å². The van der Waals surface area contributed by atoms with Crippen LogP contribution in [0.25, 0.3) is 6.08 Å². The molecule has 29 heavy (non-hydrogen) atoms. The van der Waals surface area contributed by atoms with Gasteiger partial charge in [-0.25, -0.2) is 0 Å². The first-order valence-electron chi connectivity index (χ1n) is 10.2. The van der Waals surface area contributed by atoms with E-state index in [-0.39, 0.29) is 5.41 Å². The summed E-state index contributed by atoms with van der Waals surface area (Å²) in [6.45, 7) is 2.35. The predicted octanol–water partition coefficient (Wildman–Crippen LogP) is 6.10. The summed E-state index contributed by atoms with van der Waals surface area (Å²) in [6.07, 6.45) is 9.20. The van der Waals surface area contributed by atoms with E-state index in [1.165, 1.54) is 24.0 Å². The van der Waals surface area contributed by atoms with Crippen molar-refractivity contribution >= 4 is 6.08 Å². The van der Waals surface area contributed by atoms with Crippen LogP contribution in [-0.4, -0.2) is 28.4 Å². The normalized spacial score (nSPS) is 21.8. The van der Waals surface area contributed by atoms with E-state index < -0.39 is 0 Å². The van der Waals surface area contributed by atoms with Gasteiger partial charge in [0.1, 0.15) is 5.75 Å². The maximum absolute atomic E-state index is 5.75. The first kappa shape index (κ1) is 21.1. The second-order valence-electron chi connectivity index (χ2n) is 7.98. The first-order valence-corrected chi connectivity index (χ1v) is 10.2. The van der Waals surface area contributed by atoms with E-state index in [1.807, 2.05) is 18.2 Å². The fourth-order valence-corrected chi connectivity index (χ4v) is 4.39. The number of allylic oxidation sites excluding steroid dienone is 1. The van der Waals surface area contributed by atoms with Crippen LogP contribution in [0.15, 0.2) is 42.5 Å². The molecule has 0 radical (unpaired) electrons. The smallest absolute Gasteiger partial charge is 0.203 e. The largest absolute Gasteiger partial charge is 0.497 e. The molecule has 1 aliphatic carbocycles. The monoisotopic (exact) mass is 396 g/mol. The molecule has 0 amide bonds. The maximum atomic E-state index is 5.75. The quantitative estimate of drug-likeness (QED) is 0.567. The van der Waals surface area contributed by atoms with Crippen molar-refractivity contribution < 1.29 is 18.9 Å². The summed E-state index contributed by atoms with van der Waals surface area (Å²) < 4.78 is 22.0. The Morgan fingerprint density at radius 1 is 0.862 bits per heavy atom. The number of hydrogen-bond donors (Lipinski definition) is 0. The number of benzene rings is 2. The molecule has 2 unspecified atom stereocenters. The summed E-state index contributed by atoms with van der Waals surface area (Å²) in [7, 11) is 6.70. The van der Waals surface area contributed by atoms with E-state index in [1.54, 1.807) is 28.4 Å². The fourth-order valence-electron chi connectivity index (χ4n) is 4.39. The van der Waals surface area contributed by atoms with Gasteiger partial charge in [-0.2, -0.15) is 0 Å². The Kier molecular flexibility index (Phi) is 6.73. The van der Waals surface area contributed by atoms with Crippen molar-refractivity contribution in [1.29, 1.82) is 0 Å². The van der Waals surface area contributed by atoms with Crippen LogP contribution >= 0.6 is 0 Å². The molecule has 1 fully saturated rings. The van der Waals surface area contributed by atoms with Gasteiger partial charge in [0.15, 0.2) is 11.5 Å². The molecule has 4 heteroatoms. The topological polar surface area (TPSA) is 36.9 Å². The molecule has 0 aliphatic heterocycles. The molecule has 2 aromatic rings. The second-order valence-corrected chi connectivity index (χ2v) is 7.98. The van der Waals surface area contributed by atoms with E-state index in [2.05, 4.69) is 37.3 Å². The molecule has 0 heterocycles. The van der Waals surface area contributed by atoms with Crippen molar-refractivity contribution in [2.45, 2.75) is 38.5 Å². The molecule has 0 spiro atoms. The molecule has 4 nitrogen and oxygen atoms in total. The number of hydrogen-bond acceptors (Lipinski definition) is 4. The minimum absolute atomic E-state index is 0.140. The van der Waals surface area contributed by atoms with E-state index in [9.17, 15) is 0 Å². The third-order valence-corrected chi connectivity index (χ3v) is 5.98. The molecule has 156 valence electrons. The van der Waals surface area contributed by atoms with Crippen LogP contribution in [-0.2, 0) is 0 Å². The van der Waals surface area contributed by atoms with Gasteiger partial charge in [0.2, 0.25) is 5.75 Å². The number of ether oxygens (including phenoxy) is 4. The van der Waals surface area contributed by atoms with Crippen molar-refractivity contribution in [2.75, 3.05) is 28.4 Å². The molecule has 2 aromatic carbocycles. The Balaban J connectivity index is 1.83. The lowest BCUT2D eigenvalue weighted by atomic mass is 9.68. The van der Waals surface area contributed by atoms with Gasteiger partial charge >= 0.3 is 0 Å². The highest BCUT2D eigenvalue weighted by Crippen LogP contribution is 2.50. The van der Waals surface area contributed by atoms with Crippen LogP contribution < -0.4 is 18.9 Å². The van der Waals surface area contributed by atoms with Crippen molar-refractivity contribution in [3.63, 3.8) is 0 Å². The Morgan fingerprint density at radius 2 is 1.59 bits per heavy atom. The third-order valence-electron chi connectivity index (χ3n) is 5.98. The molecule has 1 saturated carbocycles. The first-order chi connectivity index (χ1) is 14.0. The molecular formula is C25H32O4. The lowest BCUT2D eigenvalue weighted by molar-refractivity contribution is 0.251. The Bertz CT molecular complexity index is 841. The highest BCUT2D eigenvalue weighted by atomic mass is 16.5. The minimum Gasteiger partial charge on any atom is -0.497 e. The van der Waals surface area contributed by atoms with E-state index in [4.69, 9.17) is 18.9 Å². The summed E-state index contributed by atoms with van der Waals surface area (Å²) in [6, 6.07) is 12.3. The summed E-state index contributed by atoms with van der Waals surface area (Å²) in [5.74, 6) is 3.47. The SMILES string of the molecule is COc1ccc(/C=C/C2(C)CCCC(c3ccc(OC)c(OC)c3OC)C2)cc1. The van der Waals surface area contributed by atoms with Crippen LogP contribution in [0.1, 0.15) is 49.7 Å². The summed E-state index contributed by atoms with van der Waals surface area (Å²) in [4.78, 5) is 0. The summed E-state index contributed by atoms with van der Waals surface area (Å²) >= 11 is 0. The zero-order valence-corrected chi connectivity index (χ0v) is 18.2. The molecule has 3 rings (SSSR count). The zero-order chi connectivity index (χ0) is 20.9. The van der Waals surface area contributed by atoms with E-state index in [0.717, 1.165) is 24.3 Å². The molecule has 0 saturated heterocycles. The lowest BCUT2D eigenvalue weighted by Crippen LogP contribution is -2.23. The molecular weight excluding hydrogens is 364 g/mol. The predicted molar refractivity (Wildman–Crippen MR) is 117 cm³/mol. The fraction of sp³-hybridized carbons (Fsp3) is 0.440. The second kappa shape index (κ2) is 9.25. The minimum atomic E-state index is 0.140. The molecule has 1 aliphatic rings. The Labute approximate surface area is 174 Å². The van der Waals surface area contributed by atoms with Crippen LogP contribution in [0.4, 0.5) is 0 Å². The van der Waals surface area contributed by atoms with Crippen molar-refractivity contribution in [2.24, 2.45) is 5.41 Å². The molecule has 2 atom stereocenters. The van der Waals surface area contributed by atoms with Crippen LogP contribution in [0, 0.1) is 5.41 Å². The third kappa shape index (κ3) is 4.69. The highest BCUT2D eigenvalue weighted by molar-refractivity contribution is 5.57. The molecule has 0 aromatic heterocycles. The van der Waals surface area contributed by atoms with Gasteiger partial charge in [-0.1, -0.05) is 43.7 Å². The van der Waals surface area contributed by atoms with Gasteiger partial charge in [0.05, 0.1) is 28.4 Å². The Hall–Kier alpha value is -2.62. The van der Waals surface area contributed by atoms with Gasteiger partial charge in [-0.15, -0.1) is 0 Å². The Morgan fingerprint density at radius 3 is 2.21 bits per heavy atom. The van der Waals surface area contributed by atoms with Gasteiger partial charge in [0, 0.05) is 5.56 Å². The average Bonchev–Trinajstić information content (AvgIpc) is 2.76. The standard InChI is InChI=1S/C25H32O4/c1-25(16-14-18-8-10-20(26-2)11-9-18)15-6-7-19(17-25)21-12-13-22(27-3)24(29-5)23(21)28-4/h8-14,16,19H,6-7,15,17H2,1-5H3/b16-14+. The zero-order valence-electron chi connectivity index (χ0n) is 18.2. The number of methoxy groups -OCH3 is 4. The number of rotatable bonds is 7. The van der Waals surface area contributed by atoms with Gasteiger partial charge in [0.25, 0.3) is 0 Å². The van der Waals surface area contributed by atoms with E-state index >= 15 is 0 Å². The van der Waals surface area contributed by atoms with Crippen LogP contribution in [0.3, 0.4) is 0 Å². The van der Waals surface area contributed by atoms with Crippen molar-refractivity contribution in [1.82, 2.24) is 0 Å². The van der Waals surface area contributed by atoms with Crippen LogP contribution in [0.2, 0.25) is 0 Å². The maximum Gasteiger partial charge on any atom is 0.203 e. The van der Waals surface area contributed by atoms with E-state index in [0.29, 0.717) is 17.4 Å². The highest BCUT2D eigenvalue weighted by Gasteiger charge is 2.33.